The standard InChI is InChI=1S/C29H35N3O2/c1-18-14-21(9-13-27(18)33)22-8-12-26-24(15-22)28(25(17-30-26)29(34)20-6-7-20)31-16-19-4-10-23(11-5-19)32(2)3/h8-9,12-15,17,19-20,23,33H,4-7,10-11,16H2,1-3H3,(H,30,31). The molecule has 2 fully saturated rings. The van der Waals surface area contributed by atoms with Crippen LogP contribution in [0.25, 0.3) is 22.0 Å². The first-order valence-corrected chi connectivity index (χ1v) is 12.6. The Morgan fingerprint density at radius 3 is 2.41 bits per heavy atom. The van der Waals surface area contributed by atoms with E-state index in [0.717, 1.165) is 58.2 Å². The number of carbonyl (C=O) groups is 1. The molecule has 2 aliphatic carbocycles. The molecular formula is C29H35N3O2. The molecule has 178 valence electrons. The molecule has 0 atom stereocenters. The average molecular weight is 458 g/mol. The van der Waals surface area contributed by atoms with E-state index in [1.807, 2.05) is 25.1 Å². The van der Waals surface area contributed by atoms with Crippen LogP contribution in [-0.2, 0) is 0 Å². The normalized spacial score (nSPS) is 20.6. The van der Waals surface area contributed by atoms with Crippen LogP contribution in [0.3, 0.4) is 0 Å². The largest absolute Gasteiger partial charge is 0.508 e. The number of fused-ring (bicyclic) bond motifs is 1. The molecule has 3 aromatic rings. The van der Waals surface area contributed by atoms with Crippen LogP contribution in [0.15, 0.2) is 42.6 Å². The fourth-order valence-electron chi connectivity index (χ4n) is 5.26. The summed E-state index contributed by atoms with van der Waals surface area (Å²) in [5.74, 6) is 1.29. The number of carbonyl (C=O) groups excluding carboxylic acids is 1. The second-order valence-corrected chi connectivity index (χ2v) is 10.4. The fraction of sp³-hybridized carbons (Fsp3) is 0.448. The van der Waals surface area contributed by atoms with Crippen molar-refractivity contribution in [2.24, 2.45) is 11.8 Å². The Balaban J connectivity index is 1.48. The Morgan fingerprint density at radius 1 is 1.03 bits per heavy atom. The Hall–Kier alpha value is -2.92. The monoisotopic (exact) mass is 457 g/mol. The van der Waals surface area contributed by atoms with Crippen LogP contribution in [0, 0.1) is 18.8 Å². The summed E-state index contributed by atoms with van der Waals surface area (Å²) >= 11 is 0. The van der Waals surface area contributed by atoms with Gasteiger partial charge < -0.3 is 15.3 Å². The lowest BCUT2D eigenvalue weighted by atomic mass is 9.85. The van der Waals surface area contributed by atoms with Gasteiger partial charge in [-0.15, -0.1) is 0 Å². The second-order valence-electron chi connectivity index (χ2n) is 10.4. The van der Waals surface area contributed by atoms with E-state index in [2.05, 4.69) is 41.4 Å². The Kier molecular flexibility index (Phi) is 6.30. The zero-order valence-electron chi connectivity index (χ0n) is 20.5. The number of aromatic hydroxyl groups is 1. The van der Waals surface area contributed by atoms with Crippen LogP contribution in [0.4, 0.5) is 5.69 Å². The molecule has 2 saturated carbocycles. The van der Waals surface area contributed by atoms with Gasteiger partial charge in [0.1, 0.15) is 5.75 Å². The van der Waals surface area contributed by atoms with Crippen molar-refractivity contribution in [3.8, 4) is 16.9 Å². The molecule has 1 heterocycles. The Bertz CT molecular complexity index is 1210. The first-order valence-electron chi connectivity index (χ1n) is 12.6. The summed E-state index contributed by atoms with van der Waals surface area (Å²) < 4.78 is 0. The number of phenolic OH excluding ortho intramolecular Hbond substituents is 1. The van der Waals surface area contributed by atoms with Gasteiger partial charge in [0, 0.05) is 30.1 Å². The summed E-state index contributed by atoms with van der Waals surface area (Å²) in [6.45, 7) is 2.79. The molecular weight excluding hydrogens is 422 g/mol. The molecule has 0 spiro atoms. The van der Waals surface area contributed by atoms with E-state index in [9.17, 15) is 9.90 Å². The van der Waals surface area contributed by atoms with E-state index >= 15 is 0 Å². The average Bonchev–Trinajstić information content (AvgIpc) is 3.69. The van der Waals surface area contributed by atoms with Crippen molar-refractivity contribution in [2.45, 2.75) is 51.5 Å². The van der Waals surface area contributed by atoms with E-state index < -0.39 is 0 Å². The summed E-state index contributed by atoms with van der Waals surface area (Å²) in [7, 11) is 4.35. The molecule has 0 unspecified atom stereocenters. The van der Waals surface area contributed by atoms with Crippen LogP contribution in [-0.4, -0.2) is 47.5 Å². The number of pyridine rings is 1. The van der Waals surface area contributed by atoms with Crippen molar-refractivity contribution >= 4 is 22.4 Å². The summed E-state index contributed by atoms with van der Waals surface area (Å²) in [4.78, 5) is 20.2. The molecule has 2 aromatic carbocycles. The lowest BCUT2D eigenvalue weighted by molar-refractivity contribution is 0.0968. The minimum absolute atomic E-state index is 0.151. The molecule has 5 rings (SSSR count). The highest BCUT2D eigenvalue weighted by atomic mass is 16.3. The van der Waals surface area contributed by atoms with Gasteiger partial charge in [0.25, 0.3) is 0 Å². The summed E-state index contributed by atoms with van der Waals surface area (Å²) in [6, 6.07) is 12.6. The van der Waals surface area contributed by atoms with Gasteiger partial charge in [-0.05, 0) is 106 Å². The molecule has 5 heteroatoms. The highest BCUT2D eigenvalue weighted by Gasteiger charge is 2.33. The van der Waals surface area contributed by atoms with E-state index in [1.54, 1.807) is 12.3 Å². The van der Waals surface area contributed by atoms with Crippen molar-refractivity contribution in [1.29, 1.82) is 0 Å². The van der Waals surface area contributed by atoms with Gasteiger partial charge in [-0.1, -0.05) is 12.1 Å². The van der Waals surface area contributed by atoms with Crippen molar-refractivity contribution in [1.82, 2.24) is 9.88 Å². The van der Waals surface area contributed by atoms with Crippen LogP contribution in [0.2, 0.25) is 0 Å². The van der Waals surface area contributed by atoms with Crippen molar-refractivity contribution in [3.05, 3.63) is 53.7 Å². The smallest absolute Gasteiger partial charge is 0.169 e. The number of anilines is 1. The molecule has 0 radical (unpaired) electrons. The lowest BCUT2D eigenvalue weighted by Crippen LogP contribution is -2.33. The third-order valence-corrected chi connectivity index (χ3v) is 7.73. The van der Waals surface area contributed by atoms with Crippen molar-refractivity contribution in [2.75, 3.05) is 26.0 Å². The Morgan fingerprint density at radius 2 is 1.74 bits per heavy atom. The number of rotatable bonds is 7. The van der Waals surface area contributed by atoms with Crippen LogP contribution in [0.1, 0.15) is 54.4 Å². The van der Waals surface area contributed by atoms with Gasteiger partial charge in [0.2, 0.25) is 0 Å². The molecule has 1 aromatic heterocycles. The summed E-state index contributed by atoms with van der Waals surface area (Å²) in [6.07, 6.45) is 8.63. The van der Waals surface area contributed by atoms with E-state index in [-0.39, 0.29) is 11.7 Å². The van der Waals surface area contributed by atoms with Crippen LogP contribution in [0.5, 0.6) is 5.75 Å². The number of hydrogen-bond acceptors (Lipinski definition) is 5. The minimum Gasteiger partial charge on any atom is -0.508 e. The highest BCUT2D eigenvalue weighted by Crippen LogP contribution is 2.38. The van der Waals surface area contributed by atoms with Crippen molar-refractivity contribution < 1.29 is 9.90 Å². The first kappa shape index (κ1) is 22.9. The number of Topliss-reactive ketones (excluding diaryl/α,β-unsaturated/α-hetero) is 1. The van der Waals surface area contributed by atoms with E-state index in [0.29, 0.717) is 17.7 Å². The van der Waals surface area contributed by atoms with Gasteiger partial charge in [-0.3, -0.25) is 9.78 Å². The SMILES string of the molecule is Cc1cc(-c2ccc3ncc(C(=O)C4CC4)c(NCC4CCC(N(C)C)CC4)c3c2)ccc1O. The predicted molar refractivity (Wildman–Crippen MR) is 139 cm³/mol. The maximum absolute atomic E-state index is 13.2. The number of ketones is 1. The van der Waals surface area contributed by atoms with Crippen molar-refractivity contribution in [3.63, 3.8) is 0 Å². The zero-order valence-corrected chi connectivity index (χ0v) is 20.5. The maximum Gasteiger partial charge on any atom is 0.169 e. The third kappa shape index (κ3) is 4.67. The van der Waals surface area contributed by atoms with Gasteiger partial charge in [-0.25, -0.2) is 0 Å². The number of hydrogen-bond donors (Lipinski definition) is 2. The van der Waals surface area contributed by atoms with Crippen LogP contribution >= 0.6 is 0 Å². The molecule has 0 aliphatic heterocycles. The number of nitrogens with one attached hydrogen (secondary N) is 1. The summed E-state index contributed by atoms with van der Waals surface area (Å²) in [5.41, 5.74) is 5.52. The number of aromatic nitrogens is 1. The molecule has 0 amide bonds. The second kappa shape index (κ2) is 9.38. The number of aryl methyl sites for hydroxylation is 1. The third-order valence-electron chi connectivity index (χ3n) is 7.73. The fourth-order valence-corrected chi connectivity index (χ4v) is 5.26. The van der Waals surface area contributed by atoms with E-state index in [1.165, 1.54) is 25.7 Å². The highest BCUT2D eigenvalue weighted by molar-refractivity contribution is 6.10. The molecule has 2 aliphatic rings. The van der Waals surface area contributed by atoms with Gasteiger partial charge >= 0.3 is 0 Å². The topological polar surface area (TPSA) is 65.5 Å². The van der Waals surface area contributed by atoms with Gasteiger partial charge in [0.05, 0.1) is 16.8 Å². The molecule has 34 heavy (non-hydrogen) atoms. The molecule has 0 bridgehead atoms. The van der Waals surface area contributed by atoms with E-state index in [4.69, 9.17) is 0 Å². The maximum atomic E-state index is 13.2. The number of benzene rings is 2. The predicted octanol–water partition coefficient (Wildman–Crippen LogP) is 6.04. The number of nitrogens with zero attached hydrogens (tertiary/aromatic N) is 2. The van der Waals surface area contributed by atoms with Gasteiger partial charge in [-0.2, -0.15) is 0 Å². The zero-order chi connectivity index (χ0) is 23.8. The Labute approximate surface area is 202 Å². The molecule has 5 nitrogen and oxygen atoms in total. The lowest BCUT2D eigenvalue weighted by Gasteiger charge is -2.33. The first-order chi connectivity index (χ1) is 16.4. The van der Waals surface area contributed by atoms with Gasteiger partial charge in [0.15, 0.2) is 5.78 Å². The number of phenols is 1. The molecule has 0 saturated heterocycles. The van der Waals surface area contributed by atoms with Crippen LogP contribution < -0.4 is 5.32 Å². The quantitative estimate of drug-likeness (QED) is 0.423. The summed E-state index contributed by atoms with van der Waals surface area (Å²) in [5, 5.41) is 14.7. The minimum atomic E-state index is 0.151. The molecule has 2 N–H and O–H groups in total.